The van der Waals surface area contributed by atoms with Gasteiger partial charge in [0.1, 0.15) is 17.2 Å². The Labute approximate surface area is 164 Å². The highest BCUT2D eigenvalue weighted by Gasteiger charge is 2.49. The maximum absolute atomic E-state index is 13.8. The lowest BCUT2D eigenvalue weighted by Crippen LogP contribution is -2.67. The molecule has 1 aliphatic heterocycles. The van der Waals surface area contributed by atoms with E-state index in [1.807, 2.05) is 24.3 Å². The first kappa shape index (κ1) is 19.5. The topological polar surface area (TPSA) is 49.4 Å². The van der Waals surface area contributed by atoms with E-state index in [9.17, 15) is 18.4 Å². The lowest BCUT2D eigenvalue weighted by molar-refractivity contribution is -0.157. The van der Waals surface area contributed by atoms with Gasteiger partial charge in [0.25, 0.3) is 0 Å². The molecule has 1 heterocycles. The van der Waals surface area contributed by atoms with Crippen LogP contribution in [0.3, 0.4) is 0 Å². The molecular weight excluding hydrogens is 418 g/mol. The Balaban J connectivity index is 1.65. The van der Waals surface area contributed by atoms with Crippen molar-refractivity contribution in [3.63, 3.8) is 0 Å². The minimum atomic E-state index is -0.984. The molecular formula is C20H19BrF2N2O2. The molecule has 27 heavy (non-hydrogen) atoms. The third-order valence-electron chi connectivity index (χ3n) is 4.95. The zero-order chi connectivity index (χ0) is 19.6. The second kappa shape index (κ2) is 7.76. The molecule has 1 saturated heterocycles. The Morgan fingerprint density at radius 1 is 1.19 bits per heavy atom. The van der Waals surface area contributed by atoms with Gasteiger partial charge >= 0.3 is 0 Å². The van der Waals surface area contributed by atoms with E-state index in [4.69, 9.17) is 0 Å². The van der Waals surface area contributed by atoms with Crippen LogP contribution in [0.25, 0.3) is 0 Å². The summed E-state index contributed by atoms with van der Waals surface area (Å²) in [5, 5.41) is 2.85. The van der Waals surface area contributed by atoms with Crippen LogP contribution in [-0.4, -0.2) is 28.8 Å². The van der Waals surface area contributed by atoms with E-state index in [1.165, 1.54) is 4.90 Å². The molecule has 1 fully saturated rings. The Morgan fingerprint density at radius 3 is 2.59 bits per heavy atom. The van der Waals surface area contributed by atoms with Gasteiger partial charge in [-0.3, -0.25) is 9.59 Å². The molecule has 2 aromatic carbocycles. The monoisotopic (exact) mass is 436 g/mol. The third-order valence-corrected chi connectivity index (χ3v) is 5.73. The fourth-order valence-electron chi connectivity index (χ4n) is 3.14. The lowest BCUT2D eigenvalue weighted by Gasteiger charge is -2.49. The van der Waals surface area contributed by atoms with Crippen molar-refractivity contribution < 1.29 is 18.4 Å². The molecule has 3 rings (SSSR count). The highest BCUT2D eigenvalue weighted by Crippen LogP contribution is 2.31. The fraction of sp³-hybridized carbons (Fsp3) is 0.300. The van der Waals surface area contributed by atoms with Crippen molar-refractivity contribution in [1.82, 2.24) is 10.2 Å². The van der Waals surface area contributed by atoms with E-state index in [2.05, 4.69) is 21.2 Å². The Kier molecular flexibility index (Phi) is 5.60. The van der Waals surface area contributed by atoms with Gasteiger partial charge in [-0.2, -0.15) is 0 Å². The number of benzene rings is 2. The lowest BCUT2D eigenvalue weighted by atomic mass is 9.84. The quantitative estimate of drug-likeness (QED) is 0.778. The van der Waals surface area contributed by atoms with Crippen molar-refractivity contribution in [2.24, 2.45) is 0 Å². The summed E-state index contributed by atoms with van der Waals surface area (Å²) in [7, 11) is 0. The molecule has 0 bridgehead atoms. The fourth-order valence-corrected chi connectivity index (χ4v) is 3.56. The number of hydrogen-bond acceptors (Lipinski definition) is 2. The number of halogens is 3. The number of carbonyl (C=O) groups excluding carboxylic acids is 2. The molecule has 142 valence electrons. The largest absolute Gasteiger partial charge is 0.350 e. The highest BCUT2D eigenvalue weighted by atomic mass is 79.9. The van der Waals surface area contributed by atoms with Gasteiger partial charge in [0.2, 0.25) is 11.8 Å². The highest BCUT2D eigenvalue weighted by molar-refractivity contribution is 9.10. The van der Waals surface area contributed by atoms with Gasteiger partial charge < -0.3 is 10.2 Å². The van der Waals surface area contributed by atoms with Crippen LogP contribution in [0.5, 0.6) is 0 Å². The first-order chi connectivity index (χ1) is 12.8. The summed E-state index contributed by atoms with van der Waals surface area (Å²) in [6, 6.07) is 10.6. The second-order valence-corrected chi connectivity index (χ2v) is 7.61. The van der Waals surface area contributed by atoms with Crippen LogP contribution in [0.1, 0.15) is 24.5 Å². The predicted octanol–water partition coefficient (Wildman–Crippen LogP) is 3.58. The minimum Gasteiger partial charge on any atom is -0.350 e. The van der Waals surface area contributed by atoms with Gasteiger partial charge in [-0.05, 0) is 43.2 Å². The molecule has 0 aromatic heterocycles. The van der Waals surface area contributed by atoms with Crippen LogP contribution in [0.4, 0.5) is 8.78 Å². The van der Waals surface area contributed by atoms with Crippen LogP contribution in [-0.2, 0) is 22.6 Å². The van der Waals surface area contributed by atoms with E-state index in [0.717, 1.165) is 28.2 Å². The van der Waals surface area contributed by atoms with E-state index < -0.39 is 23.1 Å². The normalized spacial score (nSPS) is 18.7. The molecule has 2 amide bonds. The molecule has 0 spiro atoms. The van der Waals surface area contributed by atoms with Gasteiger partial charge in [0.05, 0.1) is 6.42 Å². The molecule has 0 saturated carbocycles. The number of carbonyl (C=O) groups is 2. The summed E-state index contributed by atoms with van der Waals surface area (Å²) >= 11 is 3.43. The number of nitrogens with one attached hydrogen (secondary N) is 1. The zero-order valence-corrected chi connectivity index (χ0v) is 16.4. The van der Waals surface area contributed by atoms with Crippen molar-refractivity contribution in [3.05, 3.63) is 69.7 Å². The van der Waals surface area contributed by atoms with Gasteiger partial charge in [0, 0.05) is 23.1 Å². The molecule has 1 aliphatic rings. The van der Waals surface area contributed by atoms with E-state index in [1.54, 1.807) is 6.92 Å². The zero-order valence-electron chi connectivity index (χ0n) is 14.8. The maximum Gasteiger partial charge on any atom is 0.246 e. The van der Waals surface area contributed by atoms with Crippen molar-refractivity contribution in [2.75, 3.05) is 6.54 Å². The van der Waals surface area contributed by atoms with Crippen LogP contribution in [0, 0.1) is 11.6 Å². The van der Waals surface area contributed by atoms with Crippen molar-refractivity contribution in [1.29, 1.82) is 0 Å². The number of rotatable bonds is 5. The maximum atomic E-state index is 13.8. The van der Waals surface area contributed by atoms with Crippen molar-refractivity contribution in [2.45, 2.75) is 31.8 Å². The summed E-state index contributed by atoms with van der Waals surface area (Å²) in [5.41, 5.74) is -0.0707. The number of hydrogen-bond donors (Lipinski definition) is 1. The standard InChI is InChI=1S/C20H19BrF2N2O2/c1-20(19(27)24-12-13-4-2-3-5-16(13)21)8-9-25(20)18(26)11-14-10-15(22)6-7-17(14)23/h2-7,10H,8-9,11-12H2,1H3,(H,24,27). The summed E-state index contributed by atoms with van der Waals surface area (Å²) in [5.74, 6) is -1.90. The number of amides is 2. The van der Waals surface area contributed by atoms with Crippen LogP contribution in [0.15, 0.2) is 46.9 Å². The average molecular weight is 437 g/mol. The van der Waals surface area contributed by atoms with Crippen molar-refractivity contribution in [3.8, 4) is 0 Å². The third kappa shape index (κ3) is 4.03. The van der Waals surface area contributed by atoms with E-state index in [0.29, 0.717) is 19.5 Å². The summed E-state index contributed by atoms with van der Waals surface area (Å²) in [4.78, 5) is 26.6. The van der Waals surface area contributed by atoms with E-state index >= 15 is 0 Å². The molecule has 0 radical (unpaired) electrons. The molecule has 0 aliphatic carbocycles. The van der Waals surface area contributed by atoms with Gasteiger partial charge in [0.15, 0.2) is 0 Å². The summed E-state index contributed by atoms with van der Waals surface area (Å²) in [6.07, 6.45) is 0.239. The smallest absolute Gasteiger partial charge is 0.246 e. The predicted molar refractivity (Wildman–Crippen MR) is 101 cm³/mol. The first-order valence-electron chi connectivity index (χ1n) is 8.57. The first-order valence-corrected chi connectivity index (χ1v) is 9.36. The van der Waals surface area contributed by atoms with Crippen molar-refractivity contribution >= 4 is 27.7 Å². The molecule has 7 heteroatoms. The van der Waals surface area contributed by atoms with Crippen LogP contribution in [0.2, 0.25) is 0 Å². The SMILES string of the molecule is CC1(C(=O)NCc2ccccc2Br)CCN1C(=O)Cc1cc(F)ccc1F. The molecule has 2 aromatic rings. The molecule has 1 unspecified atom stereocenters. The summed E-state index contributed by atoms with van der Waals surface area (Å²) in [6.45, 7) is 2.43. The molecule has 1 N–H and O–H groups in total. The van der Waals surface area contributed by atoms with E-state index in [-0.39, 0.29) is 17.9 Å². The Morgan fingerprint density at radius 2 is 1.93 bits per heavy atom. The average Bonchev–Trinajstić information content (AvgIpc) is 2.62. The Hall–Kier alpha value is -2.28. The molecule has 4 nitrogen and oxygen atoms in total. The number of nitrogens with zero attached hydrogens (tertiary/aromatic N) is 1. The minimum absolute atomic E-state index is 0.0112. The van der Waals surface area contributed by atoms with Gasteiger partial charge in [-0.15, -0.1) is 0 Å². The molecule has 1 atom stereocenters. The van der Waals surface area contributed by atoms with Crippen LogP contribution >= 0.6 is 15.9 Å². The second-order valence-electron chi connectivity index (χ2n) is 6.76. The van der Waals surface area contributed by atoms with Gasteiger partial charge in [-0.1, -0.05) is 34.1 Å². The van der Waals surface area contributed by atoms with Crippen LogP contribution < -0.4 is 5.32 Å². The number of likely N-dealkylation sites (tertiary alicyclic amines) is 1. The summed E-state index contributed by atoms with van der Waals surface area (Å²) < 4.78 is 28.0. The van der Waals surface area contributed by atoms with Gasteiger partial charge in [-0.25, -0.2) is 8.78 Å². The Bertz CT molecular complexity index is 890.